The third-order valence-corrected chi connectivity index (χ3v) is 4.06. The Hall–Kier alpha value is -1.36. The molecule has 0 radical (unpaired) electrons. The van der Waals surface area contributed by atoms with Gasteiger partial charge in [-0.25, -0.2) is 4.98 Å². The van der Waals surface area contributed by atoms with Crippen LogP contribution in [-0.2, 0) is 6.42 Å². The Balaban J connectivity index is 2.16. The monoisotopic (exact) mass is 308 g/mol. The number of ether oxygens (including phenoxy) is 2. The predicted octanol–water partition coefficient (Wildman–Crippen LogP) is 2.58. The molecule has 0 bridgehead atoms. The zero-order chi connectivity index (χ0) is 12.5. The van der Waals surface area contributed by atoms with Gasteiger partial charge in [0.2, 0.25) is 5.88 Å². The van der Waals surface area contributed by atoms with E-state index in [0.717, 1.165) is 40.7 Å². The summed E-state index contributed by atoms with van der Waals surface area (Å²) in [6.07, 6.45) is 2.75. The number of alkyl halides is 1. The first-order valence-electron chi connectivity index (χ1n) is 5.83. The molecular formula is C13H13BrN2O2. The van der Waals surface area contributed by atoms with Crippen LogP contribution in [0.3, 0.4) is 0 Å². The number of rotatable bonds is 2. The van der Waals surface area contributed by atoms with Gasteiger partial charge >= 0.3 is 0 Å². The van der Waals surface area contributed by atoms with Crippen molar-refractivity contribution in [1.82, 2.24) is 9.97 Å². The zero-order valence-corrected chi connectivity index (χ0v) is 11.6. The molecule has 0 aliphatic carbocycles. The first-order chi connectivity index (χ1) is 8.81. The van der Waals surface area contributed by atoms with Crippen molar-refractivity contribution in [2.24, 2.45) is 5.92 Å². The van der Waals surface area contributed by atoms with Gasteiger partial charge in [-0.05, 0) is 12.5 Å². The quantitative estimate of drug-likeness (QED) is 0.800. The molecule has 1 aliphatic rings. The fourth-order valence-electron chi connectivity index (χ4n) is 2.17. The van der Waals surface area contributed by atoms with Crippen molar-refractivity contribution >= 4 is 27.0 Å². The minimum atomic E-state index is 0.483. The van der Waals surface area contributed by atoms with Gasteiger partial charge in [-0.1, -0.05) is 15.9 Å². The van der Waals surface area contributed by atoms with E-state index in [1.807, 2.05) is 12.1 Å². The van der Waals surface area contributed by atoms with E-state index in [-0.39, 0.29) is 0 Å². The maximum atomic E-state index is 5.74. The highest BCUT2D eigenvalue weighted by Gasteiger charge is 2.22. The summed E-state index contributed by atoms with van der Waals surface area (Å²) < 4.78 is 10.9. The molecule has 3 rings (SSSR count). The van der Waals surface area contributed by atoms with Crippen LogP contribution in [0, 0.1) is 5.92 Å². The third kappa shape index (κ3) is 1.92. The maximum absolute atomic E-state index is 5.74. The Morgan fingerprint density at radius 3 is 3.17 bits per heavy atom. The maximum Gasteiger partial charge on any atom is 0.213 e. The van der Waals surface area contributed by atoms with E-state index < -0.39 is 0 Å². The number of methoxy groups -OCH3 is 1. The van der Waals surface area contributed by atoms with Gasteiger partial charge < -0.3 is 9.47 Å². The topological polar surface area (TPSA) is 44.2 Å². The summed E-state index contributed by atoms with van der Waals surface area (Å²) in [5, 5.41) is 0.931. The average molecular weight is 309 g/mol. The van der Waals surface area contributed by atoms with Crippen molar-refractivity contribution in [1.29, 1.82) is 0 Å². The van der Waals surface area contributed by atoms with Crippen LogP contribution >= 0.6 is 15.9 Å². The molecule has 1 atom stereocenters. The van der Waals surface area contributed by atoms with Crippen molar-refractivity contribution in [3.63, 3.8) is 0 Å². The van der Waals surface area contributed by atoms with E-state index in [0.29, 0.717) is 11.8 Å². The van der Waals surface area contributed by atoms with Crippen molar-refractivity contribution < 1.29 is 9.47 Å². The molecular weight excluding hydrogens is 296 g/mol. The Labute approximate surface area is 113 Å². The SMILES string of the molecule is COc1ccc2ncc3c(c2n1)CC(CBr)CO3. The highest BCUT2D eigenvalue weighted by molar-refractivity contribution is 9.09. The lowest BCUT2D eigenvalue weighted by atomic mass is 9.98. The lowest BCUT2D eigenvalue weighted by Crippen LogP contribution is -2.22. The van der Waals surface area contributed by atoms with Crippen LogP contribution in [0.1, 0.15) is 5.56 Å². The van der Waals surface area contributed by atoms with Crippen LogP contribution in [0.25, 0.3) is 11.0 Å². The molecule has 0 saturated heterocycles. The molecule has 1 unspecified atom stereocenters. The van der Waals surface area contributed by atoms with E-state index in [1.54, 1.807) is 13.3 Å². The molecule has 0 fully saturated rings. The Morgan fingerprint density at radius 1 is 1.50 bits per heavy atom. The number of nitrogens with zero attached hydrogens (tertiary/aromatic N) is 2. The van der Waals surface area contributed by atoms with Crippen LogP contribution in [0.4, 0.5) is 0 Å². The largest absolute Gasteiger partial charge is 0.491 e. The van der Waals surface area contributed by atoms with E-state index in [9.17, 15) is 0 Å². The number of fused-ring (bicyclic) bond motifs is 3. The summed E-state index contributed by atoms with van der Waals surface area (Å²) in [7, 11) is 1.62. The van der Waals surface area contributed by atoms with Crippen molar-refractivity contribution in [3.8, 4) is 11.6 Å². The number of hydrogen-bond donors (Lipinski definition) is 0. The van der Waals surface area contributed by atoms with Crippen LogP contribution in [-0.4, -0.2) is 29.0 Å². The fourth-order valence-corrected chi connectivity index (χ4v) is 2.59. The van der Waals surface area contributed by atoms with Gasteiger partial charge in [-0.2, -0.15) is 0 Å². The molecule has 2 aromatic rings. The summed E-state index contributed by atoms with van der Waals surface area (Å²) >= 11 is 3.51. The van der Waals surface area contributed by atoms with E-state index in [4.69, 9.17) is 9.47 Å². The van der Waals surface area contributed by atoms with Crippen molar-refractivity contribution in [2.75, 3.05) is 19.0 Å². The molecule has 3 heterocycles. The van der Waals surface area contributed by atoms with Gasteiger partial charge in [0, 0.05) is 22.9 Å². The van der Waals surface area contributed by atoms with E-state index in [2.05, 4.69) is 25.9 Å². The number of halogens is 1. The van der Waals surface area contributed by atoms with Gasteiger partial charge in [0.15, 0.2) is 0 Å². The van der Waals surface area contributed by atoms with Crippen LogP contribution in [0.5, 0.6) is 11.6 Å². The Bertz CT molecular complexity index is 583. The normalized spacial score (nSPS) is 18.2. The molecule has 0 aromatic carbocycles. The van der Waals surface area contributed by atoms with E-state index in [1.165, 1.54) is 0 Å². The van der Waals surface area contributed by atoms with Crippen LogP contribution in [0.15, 0.2) is 18.3 Å². The molecule has 18 heavy (non-hydrogen) atoms. The minimum Gasteiger partial charge on any atom is -0.491 e. The third-order valence-electron chi connectivity index (χ3n) is 3.15. The first kappa shape index (κ1) is 11.7. The summed E-state index contributed by atoms with van der Waals surface area (Å²) in [5.41, 5.74) is 2.90. The number of hydrogen-bond acceptors (Lipinski definition) is 4. The summed E-state index contributed by atoms with van der Waals surface area (Å²) in [5.74, 6) is 1.94. The molecule has 0 amide bonds. The highest BCUT2D eigenvalue weighted by Crippen LogP contribution is 2.32. The fraction of sp³-hybridized carbons (Fsp3) is 0.385. The number of aromatic nitrogens is 2. The van der Waals surface area contributed by atoms with Crippen molar-refractivity contribution in [2.45, 2.75) is 6.42 Å². The molecule has 94 valence electrons. The van der Waals surface area contributed by atoms with E-state index >= 15 is 0 Å². The zero-order valence-electron chi connectivity index (χ0n) is 10.0. The second kappa shape index (κ2) is 4.72. The molecule has 0 saturated carbocycles. The lowest BCUT2D eigenvalue weighted by molar-refractivity contribution is 0.237. The molecule has 0 N–H and O–H groups in total. The second-order valence-corrected chi connectivity index (χ2v) is 5.01. The lowest BCUT2D eigenvalue weighted by Gasteiger charge is -2.24. The summed E-state index contributed by atoms with van der Waals surface area (Å²) in [6, 6.07) is 3.76. The smallest absolute Gasteiger partial charge is 0.213 e. The molecule has 0 spiro atoms. The molecule has 1 aliphatic heterocycles. The van der Waals surface area contributed by atoms with Gasteiger partial charge in [0.1, 0.15) is 5.75 Å². The van der Waals surface area contributed by atoms with Crippen LogP contribution < -0.4 is 9.47 Å². The Kier molecular flexibility index (Phi) is 3.07. The molecule has 2 aromatic heterocycles. The Morgan fingerprint density at radius 2 is 2.39 bits per heavy atom. The second-order valence-electron chi connectivity index (χ2n) is 4.36. The minimum absolute atomic E-state index is 0.483. The molecule has 4 nitrogen and oxygen atoms in total. The van der Waals surface area contributed by atoms with Gasteiger partial charge in [-0.15, -0.1) is 0 Å². The van der Waals surface area contributed by atoms with Gasteiger partial charge in [0.05, 0.1) is 30.9 Å². The van der Waals surface area contributed by atoms with Crippen molar-refractivity contribution in [3.05, 3.63) is 23.9 Å². The summed E-state index contributed by atoms with van der Waals surface area (Å²) in [4.78, 5) is 8.86. The predicted molar refractivity (Wildman–Crippen MR) is 72.6 cm³/mol. The number of pyridine rings is 2. The van der Waals surface area contributed by atoms with Gasteiger partial charge in [0.25, 0.3) is 0 Å². The van der Waals surface area contributed by atoms with Gasteiger partial charge in [-0.3, -0.25) is 4.98 Å². The summed E-state index contributed by atoms with van der Waals surface area (Å²) in [6.45, 7) is 0.732. The standard InChI is InChI=1S/C13H13BrN2O2/c1-17-12-3-2-10-13(16-12)9-4-8(5-14)7-18-11(9)6-15-10/h2-3,6,8H,4-5,7H2,1H3. The average Bonchev–Trinajstić information content (AvgIpc) is 2.45. The molecule has 5 heteroatoms. The highest BCUT2D eigenvalue weighted by atomic mass is 79.9. The first-order valence-corrected chi connectivity index (χ1v) is 6.95. The van der Waals surface area contributed by atoms with Crippen LogP contribution in [0.2, 0.25) is 0 Å².